The van der Waals surface area contributed by atoms with Crippen molar-refractivity contribution in [3.63, 3.8) is 0 Å². The van der Waals surface area contributed by atoms with Crippen molar-refractivity contribution >= 4 is 57.8 Å². The van der Waals surface area contributed by atoms with E-state index in [4.69, 9.17) is 28.6 Å². The third-order valence-electron chi connectivity index (χ3n) is 5.22. The molecule has 1 aliphatic rings. The second-order valence-corrected chi connectivity index (χ2v) is 8.23. The van der Waals surface area contributed by atoms with Crippen LogP contribution in [0, 0.1) is 16.7 Å². The Labute approximate surface area is 205 Å². The highest BCUT2D eigenvalue weighted by molar-refractivity contribution is 6.43. The number of hydrogen-bond acceptors (Lipinski definition) is 5. The van der Waals surface area contributed by atoms with E-state index in [1.807, 2.05) is 6.07 Å². The van der Waals surface area contributed by atoms with E-state index in [2.05, 4.69) is 4.99 Å². The number of hydrogen-bond donors (Lipinski definition) is 1. The summed E-state index contributed by atoms with van der Waals surface area (Å²) < 4.78 is 0. The predicted molar refractivity (Wildman–Crippen MR) is 134 cm³/mol. The Kier molecular flexibility index (Phi) is 6.42. The lowest BCUT2D eigenvalue weighted by Gasteiger charge is -2.25. The highest BCUT2D eigenvalue weighted by Gasteiger charge is 2.37. The van der Waals surface area contributed by atoms with Crippen molar-refractivity contribution in [2.45, 2.75) is 6.92 Å². The minimum atomic E-state index is -0.578. The van der Waals surface area contributed by atoms with Gasteiger partial charge in [-0.1, -0.05) is 47.5 Å². The van der Waals surface area contributed by atoms with Crippen molar-refractivity contribution < 1.29 is 9.59 Å². The fourth-order valence-corrected chi connectivity index (χ4v) is 3.89. The van der Waals surface area contributed by atoms with E-state index in [0.29, 0.717) is 27.3 Å². The van der Waals surface area contributed by atoms with E-state index < -0.39 is 11.6 Å². The molecular formula is C26H16Cl2N4O2. The SMILES string of the molecule is CC(=Nc1ccc(Cl)cc1)N(C(=N)C(C#N)=C1C(=O)c2ccccc2C1=O)c1ccc(Cl)cc1. The van der Waals surface area contributed by atoms with Gasteiger partial charge >= 0.3 is 0 Å². The minimum absolute atomic E-state index is 0.215. The van der Waals surface area contributed by atoms with Crippen LogP contribution in [0.3, 0.4) is 0 Å². The summed E-state index contributed by atoms with van der Waals surface area (Å²) in [4.78, 5) is 31.9. The van der Waals surface area contributed by atoms with Crippen LogP contribution in [0.1, 0.15) is 27.6 Å². The molecule has 34 heavy (non-hydrogen) atoms. The summed E-state index contributed by atoms with van der Waals surface area (Å²) >= 11 is 12.0. The summed E-state index contributed by atoms with van der Waals surface area (Å²) in [6, 6.07) is 21.6. The lowest BCUT2D eigenvalue weighted by molar-refractivity contribution is 0.0988. The smallest absolute Gasteiger partial charge is 0.199 e. The van der Waals surface area contributed by atoms with Gasteiger partial charge in [-0.25, -0.2) is 4.99 Å². The maximum absolute atomic E-state index is 13.0. The number of benzene rings is 3. The number of fused-ring (bicyclic) bond motifs is 1. The fourth-order valence-electron chi connectivity index (χ4n) is 3.64. The number of allylic oxidation sites excluding steroid dienone is 1. The van der Waals surface area contributed by atoms with E-state index in [0.717, 1.165) is 0 Å². The third-order valence-corrected chi connectivity index (χ3v) is 5.72. The van der Waals surface area contributed by atoms with Crippen LogP contribution in [0.2, 0.25) is 10.0 Å². The first-order valence-corrected chi connectivity index (χ1v) is 10.9. The number of ketones is 2. The fraction of sp³-hybridized carbons (Fsp3) is 0.0385. The van der Waals surface area contributed by atoms with Gasteiger partial charge < -0.3 is 0 Å². The molecule has 0 bridgehead atoms. The summed E-state index contributed by atoms with van der Waals surface area (Å²) in [5.41, 5.74) is 0.813. The number of nitrogens with one attached hydrogen (secondary N) is 1. The zero-order valence-corrected chi connectivity index (χ0v) is 19.4. The number of nitriles is 1. The van der Waals surface area contributed by atoms with Crippen molar-refractivity contribution in [3.8, 4) is 6.07 Å². The van der Waals surface area contributed by atoms with Gasteiger partial charge in [-0.2, -0.15) is 5.26 Å². The normalized spacial score (nSPS) is 12.9. The van der Waals surface area contributed by atoms with Crippen LogP contribution in [0.4, 0.5) is 11.4 Å². The molecule has 0 atom stereocenters. The predicted octanol–water partition coefficient (Wildman–Crippen LogP) is 6.43. The molecule has 166 valence electrons. The quantitative estimate of drug-likeness (QED) is 0.151. The number of aliphatic imine (C=N–C) groups is 1. The van der Waals surface area contributed by atoms with Crippen molar-refractivity contribution in [1.82, 2.24) is 0 Å². The molecule has 0 aliphatic heterocycles. The molecule has 6 nitrogen and oxygen atoms in total. The number of halogens is 2. The van der Waals surface area contributed by atoms with Crippen LogP contribution < -0.4 is 4.90 Å². The second kappa shape index (κ2) is 9.44. The van der Waals surface area contributed by atoms with E-state index >= 15 is 0 Å². The average Bonchev–Trinajstić information content (AvgIpc) is 3.08. The number of amidine groups is 2. The Hall–Kier alpha value is -4.05. The number of carbonyl (C=O) groups is 2. The summed E-state index contributed by atoms with van der Waals surface area (Å²) in [5.74, 6) is -1.18. The topological polar surface area (TPSA) is 97.4 Å². The van der Waals surface area contributed by atoms with Crippen molar-refractivity contribution in [1.29, 1.82) is 10.7 Å². The van der Waals surface area contributed by atoms with Crippen LogP contribution in [0.25, 0.3) is 0 Å². The first-order chi connectivity index (χ1) is 16.3. The lowest BCUT2D eigenvalue weighted by Crippen LogP contribution is -2.36. The highest BCUT2D eigenvalue weighted by Crippen LogP contribution is 2.30. The second-order valence-electron chi connectivity index (χ2n) is 7.36. The number of nitrogens with zero attached hydrogens (tertiary/aromatic N) is 3. The molecule has 3 aromatic rings. The molecule has 0 unspecified atom stereocenters. The Balaban J connectivity index is 1.85. The van der Waals surface area contributed by atoms with Crippen LogP contribution in [-0.2, 0) is 0 Å². The van der Waals surface area contributed by atoms with Gasteiger partial charge in [-0.05, 0) is 55.5 Å². The monoisotopic (exact) mass is 486 g/mol. The molecule has 1 N–H and O–H groups in total. The molecule has 0 fully saturated rings. The number of Topliss-reactive ketones (excluding diaryl/α,β-unsaturated/α-hetero) is 2. The van der Waals surface area contributed by atoms with E-state index in [9.17, 15) is 14.9 Å². The van der Waals surface area contributed by atoms with Crippen LogP contribution in [0.5, 0.6) is 0 Å². The molecule has 4 rings (SSSR count). The van der Waals surface area contributed by atoms with Gasteiger partial charge in [0.1, 0.15) is 23.3 Å². The Morgan fingerprint density at radius 1 is 0.882 bits per heavy atom. The first kappa shape index (κ1) is 23.1. The largest absolute Gasteiger partial charge is 0.288 e. The first-order valence-electron chi connectivity index (χ1n) is 10.1. The highest BCUT2D eigenvalue weighted by atomic mass is 35.5. The maximum Gasteiger partial charge on any atom is 0.199 e. The Morgan fingerprint density at radius 2 is 1.38 bits per heavy atom. The third kappa shape index (κ3) is 4.27. The number of rotatable bonds is 3. The molecule has 0 amide bonds. The summed E-state index contributed by atoms with van der Waals surface area (Å²) in [5, 5.41) is 19.9. The van der Waals surface area contributed by atoms with Crippen LogP contribution in [0.15, 0.2) is 88.9 Å². The van der Waals surface area contributed by atoms with Gasteiger partial charge in [-0.3, -0.25) is 19.9 Å². The van der Waals surface area contributed by atoms with Gasteiger partial charge in [0.25, 0.3) is 0 Å². The molecule has 0 saturated heterocycles. The van der Waals surface area contributed by atoms with Gasteiger partial charge in [0, 0.05) is 26.9 Å². The number of anilines is 1. The molecule has 1 aliphatic carbocycles. The standard InChI is InChI=1S/C26H16Cl2N4O2/c1-15(31-18-10-6-16(27)7-11-18)32(19-12-8-17(28)9-13-19)26(30)22(14-29)23-24(33)20-4-2-3-5-21(20)25(23)34/h2-13,30H,1H3. The molecule has 0 radical (unpaired) electrons. The van der Waals surface area contributed by atoms with Gasteiger partial charge in [0.05, 0.1) is 11.3 Å². The maximum atomic E-state index is 13.0. The summed E-state index contributed by atoms with van der Waals surface area (Å²) in [6.07, 6.45) is 0. The summed E-state index contributed by atoms with van der Waals surface area (Å²) in [7, 11) is 0. The van der Waals surface area contributed by atoms with Gasteiger partial charge in [0.15, 0.2) is 11.6 Å². The molecule has 0 aromatic heterocycles. The van der Waals surface area contributed by atoms with E-state index in [1.165, 1.54) is 17.0 Å². The molecule has 8 heteroatoms. The van der Waals surface area contributed by atoms with Gasteiger partial charge in [-0.15, -0.1) is 0 Å². The van der Waals surface area contributed by atoms with Crippen LogP contribution in [-0.4, -0.2) is 23.2 Å². The Bertz CT molecular complexity index is 1400. The number of carbonyl (C=O) groups excluding carboxylic acids is 2. The minimum Gasteiger partial charge on any atom is -0.288 e. The molecular weight excluding hydrogens is 471 g/mol. The Morgan fingerprint density at radius 3 is 1.88 bits per heavy atom. The van der Waals surface area contributed by atoms with Crippen molar-refractivity contribution in [3.05, 3.63) is 105 Å². The van der Waals surface area contributed by atoms with E-state index in [-0.39, 0.29) is 28.1 Å². The zero-order chi connectivity index (χ0) is 24.4. The molecule has 3 aromatic carbocycles. The van der Waals surface area contributed by atoms with Crippen molar-refractivity contribution in [2.24, 2.45) is 4.99 Å². The summed E-state index contributed by atoms with van der Waals surface area (Å²) in [6.45, 7) is 1.66. The lowest BCUT2D eigenvalue weighted by atomic mass is 10.0. The molecule has 0 saturated carbocycles. The molecule has 0 spiro atoms. The molecule has 0 heterocycles. The zero-order valence-electron chi connectivity index (χ0n) is 17.8. The van der Waals surface area contributed by atoms with Crippen molar-refractivity contribution in [2.75, 3.05) is 4.90 Å². The average molecular weight is 487 g/mol. The van der Waals surface area contributed by atoms with E-state index in [1.54, 1.807) is 67.6 Å². The van der Waals surface area contributed by atoms with Crippen LogP contribution >= 0.6 is 23.2 Å². The van der Waals surface area contributed by atoms with Gasteiger partial charge in [0.2, 0.25) is 0 Å².